The minimum atomic E-state index is -0.290. The molecule has 1 aliphatic carbocycles. The number of amides is 2. The van der Waals surface area contributed by atoms with Crippen LogP contribution in [0.15, 0.2) is 42.5 Å². The second-order valence-electron chi connectivity index (χ2n) is 6.34. The van der Waals surface area contributed by atoms with E-state index < -0.39 is 0 Å². The van der Waals surface area contributed by atoms with Crippen LogP contribution in [-0.2, 0) is 11.3 Å². The molecule has 1 aliphatic heterocycles. The van der Waals surface area contributed by atoms with Crippen molar-refractivity contribution in [3.8, 4) is 5.75 Å². The first kappa shape index (κ1) is 15.6. The fourth-order valence-corrected chi connectivity index (χ4v) is 2.91. The Morgan fingerprint density at radius 2 is 1.96 bits per heavy atom. The normalized spacial score (nSPS) is 15.8. The minimum Gasteiger partial charge on any atom is -0.482 e. The van der Waals surface area contributed by atoms with Crippen molar-refractivity contribution in [2.75, 3.05) is 11.9 Å². The highest BCUT2D eigenvalue weighted by molar-refractivity contribution is 5.99. The summed E-state index contributed by atoms with van der Waals surface area (Å²) in [6, 6.07) is 11.5. The van der Waals surface area contributed by atoms with Crippen molar-refractivity contribution in [1.82, 2.24) is 4.90 Å². The molecule has 2 aliphatic rings. The van der Waals surface area contributed by atoms with E-state index in [1.54, 1.807) is 30.3 Å². The molecule has 2 amide bonds. The number of anilines is 1. The molecule has 2 aromatic rings. The Morgan fingerprint density at radius 1 is 1.20 bits per heavy atom. The van der Waals surface area contributed by atoms with Crippen LogP contribution in [0, 0.1) is 5.82 Å². The zero-order chi connectivity index (χ0) is 17.4. The third-order valence-electron chi connectivity index (χ3n) is 4.38. The van der Waals surface area contributed by atoms with Gasteiger partial charge in [0.1, 0.15) is 11.6 Å². The van der Waals surface area contributed by atoms with Crippen LogP contribution in [0.4, 0.5) is 10.1 Å². The Kier molecular flexibility index (Phi) is 3.87. The number of nitrogens with zero attached hydrogens (tertiary/aromatic N) is 1. The lowest BCUT2D eigenvalue weighted by molar-refractivity contribution is -0.118. The van der Waals surface area contributed by atoms with Crippen LogP contribution in [0.1, 0.15) is 28.8 Å². The van der Waals surface area contributed by atoms with Gasteiger partial charge in [0.2, 0.25) is 0 Å². The number of hydrogen-bond donors (Lipinski definition) is 1. The molecule has 0 bridgehead atoms. The first-order valence-corrected chi connectivity index (χ1v) is 8.22. The number of hydrogen-bond acceptors (Lipinski definition) is 3. The molecule has 1 heterocycles. The Morgan fingerprint density at radius 3 is 2.68 bits per heavy atom. The van der Waals surface area contributed by atoms with E-state index in [-0.39, 0.29) is 30.3 Å². The van der Waals surface area contributed by atoms with Crippen molar-refractivity contribution in [3.63, 3.8) is 0 Å². The summed E-state index contributed by atoms with van der Waals surface area (Å²) in [5.41, 5.74) is 1.98. The molecule has 0 saturated heterocycles. The Labute approximate surface area is 144 Å². The maximum Gasteiger partial charge on any atom is 0.262 e. The number of fused-ring (bicyclic) bond motifs is 1. The Bertz CT molecular complexity index is 831. The topological polar surface area (TPSA) is 58.6 Å². The zero-order valence-corrected chi connectivity index (χ0v) is 13.5. The van der Waals surface area contributed by atoms with Crippen molar-refractivity contribution in [2.24, 2.45) is 0 Å². The molecule has 25 heavy (non-hydrogen) atoms. The first-order valence-electron chi connectivity index (χ1n) is 8.22. The summed E-state index contributed by atoms with van der Waals surface area (Å²) in [6.07, 6.45) is 1.95. The predicted molar refractivity (Wildman–Crippen MR) is 89.9 cm³/mol. The lowest BCUT2D eigenvalue weighted by Crippen LogP contribution is -2.33. The number of rotatable bonds is 4. The average molecular weight is 340 g/mol. The summed E-state index contributed by atoms with van der Waals surface area (Å²) in [7, 11) is 0. The quantitative estimate of drug-likeness (QED) is 0.931. The Hall–Kier alpha value is -2.89. The van der Waals surface area contributed by atoms with E-state index in [4.69, 9.17) is 4.74 Å². The summed E-state index contributed by atoms with van der Waals surface area (Å²) >= 11 is 0. The second kappa shape index (κ2) is 6.20. The summed E-state index contributed by atoms with van der Waals surface area (Å²) < 4.78 is 18.5. The van der Waals surface area contributed by atoms with Crippen LogP contribution in [0.25, 0.3) is 0 Å². The molecule has 5 nitrogen and oxygen atoms in total. The van der Waals surface area contributed by atoms with Gasteiger partial charge in [-0.1, -0.05) is 12.1 Å². The number of ether oxygens (including phenoxy) is 1. The molecule has 0 aromatic heterocycles. The maximum atomic E-state index is 13.1. The molecule has 1 saturated carbocycles. The SMILES string of the molecule is O=C1COc2cc(C(=O)N(Cc3ccc(F)cc3)C3CC3)ccc2N1. The first-order chi connectivity index (χ1) is 12.1. The maximum absolute atomic E-state index is 13.1. The van der Waals surface area contributed by atoms with Crippen molar-refractivity contribution >= 4 is 17.5 Å². The van der Waals surface area contributed by atoms with Gasteiger partial charge in [-0.3, -0.25) is 9.59 Å². The number of carbonyl (C=O) groups is 2. The van der Waals surface area contributed by atoms with E-state index in [0.29, 0.717) is 23.5 Å². The van der Waals surface area contributed by atoms with E-state index in [2.05, 4.69) is 5.32 Å². The minimum absolute atomic E-state index is 0.0490. The molecule has 0 atom stereocenters. The van der Waals surface area contributed by atoms with Crippen LogP contribution >= 0.6 is 0 Å². The van der Waals surface area contributed by atoms with Crippen molar-refractivity contribution in [3.05, 3.63) is 59.4 Å². The van der Waals surface area contributed by atoms with Crippen LogP contribution < -0.4 is 10.1 Å². The van der Waals surface area contributed by atoms with Crippen LogP contribution in [-0.4, -0.2) is 29.4 Å². The van der Waals surface area contributed by atoms with Gasteiger partial charge >= 0.3 is 0 Å². The van der Waals surface area contributed by atoms with Gasteiger partial charge in [0, 0.05) is 18.2 Å². The lowest BCUT2D eigenvalue weighted by atomic mass is 10.1. The van der Waals surface area contributed by atoms with Crippen molar-refractivity contribution in [1.29, 1.82) is 0 Å². The van der Waals surface area contributed by atoms with E-state index in [1.165, 1.54) is 12.1 Å². The number of nitrogens with one attached hydrogen (secondary N) is 1. The fourth-order valence-electron chi connectivity index (χ4n) is 2.91. The number of carbonyl (C=O) groups excluding carboxylic acids is 2. The predicted octanol–water partition coefficient (Wildman–Crippen LogP) is 2.96. The van der Waals surface area contributed by atoms with E-state index in [1.807, 2.05) is 4.90 Å². The molecule has 128 valence electrons. The molecule has 4 rings (SSSR count). The van der Waals surface area contributed by atoms with E-state index in [9.17, 15) is 14.0 Å². The van der Waals surface area contributed by atoms with Crippen LogP contribution in [0.3, 0.4) is 0 Å². The van der Waals surface area contributed by atoms with Gasteiger partial charge < -0.3 is 15.0 Å². The average Bonchev–Trinajstić information content (AvgIpc) is 3.45. The fraction of sp³-hybridized carbons (Fsp3) is 0.263. The van der Waals surface area contributed by atoms with Crippen molar-refractivity contribution < 1.29 is 18.7 Å². The molecule has 0 unspecified atom stereocenters. The lowest BCUT2D eigenvalue weighted by Gasteiger charge is -2.24. The van der Waals surface area contributed by atoms with Gasteiger partial charge in [0.05, 0.1) is 5.69 Å². The third kappa shape index (κ3) is 3.33. The second-order valence-corrected chi connectivity index (χ2v) is 6.34. The Balaban J connectivity index is 1.57. The summed E-state index contributed by atoms with van der Waals surface area (Å²) in [4.78, 5) is 26.1. The molecule has 2 aromatic carbocycles. The highest BCUT2D eigenvalue weighted by Crippen LogP contribution is 2.33. The standard InChI is InChI=1S/C19H17FN2O3/c20-14-4-1-12(2-5-14)10-22(15-6-7-15)19(24)13-3-8-16-17(9-13)25-11-18(23)21-16/h1-5,8-9,15H,6-7,10-11H2,(H,21,23). The molecular weight excluding hydrogens is 323 g/mol. The molecule has 1 N–H and O–H groups in total. The number of benzene rings is 2. The van der Waals surface area contributed by atoms with Crippen molar-refractivity contribution in [2.45, 2.75) is 25.4 Å². The van der Waals surface area contributed by atoms with Gasteiger partial charge in [0.25, 0.3) is 11.8 Å². The highest BCUT2D eigenvalue weighted by Gasteiger charge is 2.33. The molecule has 6 heteroatoms. The van der Waals surface area contributed by atoms with Gasteiger partial charge in [-0.05, 0) is 48.7 Å². The number of halogens is 1. The third-order valence-corrected chi connectivity index (χ3v) is 4.38. The van der Waals surface area contributed by atoms with Crippen LogP contribution in [0.5, 0.6) is 5.75 Å². The molecule has 0 spiro atoms. The summed E-state index contributed by atoms with van der Waals surface area (Å²) in [5, 5.41) is 2.71. The van der Waals surface area contributed by atoms with E-state index >= 15 is 0 Å². The summed E-state index contributed by atoms with van der Waals surface area (Å²) in [6.45, 7) is 0.394. The smallest absolute Gasteiger partial charge is 0.262 e. The monoisotopic (exact) mass is 340 g/mol. The molecular formula is C19H17FN2O3. The van der Waals surface area contributed by atoms with Gasteiger partial charge in [0.15, 0.2) is 6.61 Å². The van der Waals surface area contributed by atoms with E-state index in [0.717, 1.165) is 18.4 Å². The van der Waals surface area contributed by atoms with Crippen LogP contribution in [0.2, 0.25) is 0 Å². The van der Waals surface area contributed by atoms with Gasteiger partial charge in [-0.15, -0.1) is 0 Å². The zero-order valence-electron chi connectivity index (χ0n) is 13.5. The largest absolute Gasteiger partial charge is 0.482 e. The molecule has 1 fully saturated rings. The van der Waals surface area contributed by atoms with Gasteiger partial charge in [-0.25, -0.2) is 4.39 Å². The summed E-state index contributed by atoms with van der Waals surface area (Å²) in [5.74, 6) is -0.0810. The highest BCUT2D eigenvalue weighted by atomic mass is 19.1. The molecule has 0 radical (unpaired) electrons. The van der Waals surface area contributed by atoms with Gasteiger partial charge in [-0.2, -0.15) is 0 Å².